The Kier molecular flexibility index (Phi) is 7.40. The summed E-state index contributed by atoms with van der Waals surface area (Å²) in [5, 5.41) is 0. The molecule has 0 radical (unpaired) electrons. The zero-order valence-electron chi connectivity index (χ0n) is 16.0. The van der Waals surface area contributed by atoms with Gasteiger partial charge in [-0.1, -0.05) is 35.9 Å². The van der Waals surface area contributed by atoms with Gasteiger partial charge in [-0.05, 0) is 49.8 Å². The highest BCUT2D eigenvalue weighted by atomic mass is 32.2. The lowest BCUT2D eigenvalue weighted by Gasteiger charge is -2.09. The lowest BCUT2D eigenvalue weighted by molar-refractivity contribution is -0.137. The minimum atomic E-state index is -3.85. The molecule has 0 unspecified atom stereocenters. The Hall–Kier alpha value is -3.06. The summed E-state index contributed by atoms with van der Waals surface area (Å²) < 4.78 is 37.7. The maximum atomic E-state index is 12.6. The number of methoxy groups -OCH3 is 1. The van der Waals surface area contributed by atoms with Crippen molar-refractivity contribution in [3.05, 3.63) is 77.5 Å². The highest BCUT2D eigenvalue weighted by Gasteiger charge is 2.15. The summed E-state index contributed by atoms with van der Waals surface area (Å²) in [7, 11) is -2.27. The molecular formula is C21H23NO5S. The maximum Gasteiger partial charge on any atom is 0.332 e. The summed E-state index contributed by atoms with van der Waals surface area (Å²) >= 11 is 0. The van der Waals surface area contributed by atoms with Gasteiger partial charge in [-0.2, -0.15) is 0 Å². The quantitative estimate of drug-likeness (QED) is 0.416. The van der Waals surface area contributed by atoms with Gasteiger partial charge >= 0.3 is 5.97 Å². The molecule has 0 aliphatic heterocycles. The molecule has 2 aromatic carbocycles. The van der Waals surface area contributed by atoms with Crippen molar-refractivity contribution in [2.24, 2.45) is 0 Å². The van der Waals surface area contributed by atoms with Crippen molar-refractivity contribution < 1.29 is 22.7 Å². The zero-order valence-corrected chi connectivity index (χ0v) is 16.8. The molecule has 28 heavy (non-hydrogen) atoms. The van der Waals surface area contributed by atoms with Gasteiger partial charge in [-0.15, -0.1) is 0 Å². The average Bonchev–Trinajstić information content (AvgIpc) is 2.67. The smallest absolute Gasteiger partial charge is 0.332 e. The Morgan fingerprint density at radius 1 is 1.07 bits per heavy atom. The largest absolute Gasteiger partial charge is 0.497 e. The third kappa shape index (κ3) is 6.28. The molecule has 0 saturated carbocycles. The Bertz CT molecular complexity index is 959. The first-order chi connectivity index (χ1) is 13.3. The molecule has 2 rings (SSSR count). The van der Waals surface area contributed by atoms with Crippen molar-refractivity contribution in [2.75, 3.05) is 13.7 Å². The SMILES string of the molecule is CCOC(=O)/C=C(/C=C/c1ccc(OC)cc1)NS(=O)(=O)c1ccc(C)cc1. The van der Waals surface area contributed by atoms with Gasteiger partial charge in [0.15, 0.2) is 0 Å². The van der Waals surface area contributed by atoms with Gasteiger partial charge in [0.05, 0.1) is 24.3 Å². The number of hydrogen-bond acceptors (Lipinski definition) is 5. The Morgan fingerprint density at radius 2 is 1.71 bits per heavy atom. The Morgan fingerprint density at radius 3 is 2.29 bits per heavy atom. The van der Waals surface area contributed by atoms with Crippen molar-refractivity contribution in [3.63, 3.8) is 0 Å². The molecule has 0 saturated heterocycles. The van der Waals surface area contributed by atoms with Crippen molar-refractivity contribution in [3.8, 4) is 5.75 Å². The molecule has 0 amide bonds. The van der Waals surface area contributed by atoms with Crippen LogP contribution in [-0.2, 0) is 19.6 Å². The molecule has 0 fully saturated rings. The molecular weight excluding hydrogens is 378 g/mol. The minimum absolute atomic E-state index is 0.0924. The number of hydrogen-bond donors (Lipinski definition) is 1. The van der Waals surface area contributed by atoms with E-state index >= 15 is 0 Å². The number of aryl methyl sites for hydroxylation is 1. The maximum absolute atomic E-state index is 12.6. The number of ether oxygens (including phenoxy) is 2. The number of carbonyl (C=O) groups is 1. The molecule has 2 aromatic rings. The zero-order chi connectivity index (χ0) is 20.6. The fraction of sp³-hybridized carbons (Fsp3) is 0.190. The van der Waals surface area contributed by atoms with E-state index in [0.717, 1.165) is 17.2 Å². The normalized spacial score (nSPS) is 12.0. The van der Waals surface area contributed by atoms with Gasteiger partial charge in [0.25, 0.3) is 10.0 Å². The summed E-state index contributed by atoms with van der Waals surface area (Å²) in [6.07, 6.45) is 4.29. The van der Waals surface area contributed by atoms with Crippen LogP contribution in [0, 0.1) is 6.92 Å². The van der Waals surface area contributed by atoms with Crippen molar-refractivity contribution in [2.45, 2.75) is 18.7 Å². The number of sulfonamides is 1. The summed E-state index contributed by atoms with van der Waals surface area (Å²) in [6, 6.07) is 13.6. The molecule has 148 valence electrons. The van der Waals surface area contributed by atoms with Crippen LogP contribution >= 0.6 is 0 Å². The van der Waals surface area contributed by atoms with Crippen LogP contribution in [0.15, 0.2) is 71.3 Å². The van der Waals surface area contributed by atoms with Crippen LogP contribution in [0.25, 0.3) is 6.08 Å². The van der Waals surface area contributed by atoms with E-state index in [1.165, 1.54) is 18.2 Å². The van der Waals surface area contributed by atoms with Crippen LogP contribution in [0.4, 0.5) is 0 Å². The third-order valence-electron chi connectivity index (χ3n) is 3.71. The molecule has 0 atom stereocenters. The lowest BCUT2D eigenvalue weighted by atomic mass is 10.2. The summed E-state index contributed by atoms with van der Waals surface area (Å²) in [5.74, 6) is 0.0722. The average molecular weight is 401 g/mol. The number of allylic oxidation sites excluding steroid dienone is 1. The fourth-order valence-corrected chi connectivity index (χ4v) is 3.30. The van der Waals surface area contributed by atoms with Crippen molar-refractivity contribution >= 4 is 22.1 Å². The number of nitrogens with one attached hydrogen (secondary N) is 1. The lowest BCUT2D eigenvalue weighted by Crippen LogP contribution is -2.23. The molecule has 0 heterocycles. The summed E-state index contributed by atoms with van der Waals surface area (Å²) in [6.45, 7) is 3.73. The van der Waals surface area contributed by atoms with Crippen LogP contribution in [0.1, 0.15) is 18.1 Å². The molecule has 0 spiro atoms. The van der Waals surface area contributed by atoms with Crippen LogP contribution < -0.4 is 9.46 Å². The third-order valence-corrected chi connectivity index (χ3v) is 5.11. The standard InChI is InChI=1S/C21H23NO5S/c1-4-27-21(23)15-18(10-7-17-8-11-19(26-3)12-9-17)22-28(24,25)20-13-5-16(2)6-14-20/h5-15,22H,4H2,1-3H3/b10-7+,18-15-. The van der Waals surface area contributed by atoms with E-state index in [0.29, 0.717) is 5.75 Å². The highest BCUT2D eigenvalue weighted by Crippen LogP contribution is 2.15. The molecule has 1 N–H and O–H groups in total. The van der Waals surface area contributed by atoms with Crippen molar-refractivity contribution in [1.29, 1.82) is 0 Å². The molecule has 0 aromatic heterocycles. The Labute approximate surface area is 165 Å². The number of esters is 1. The molecule has 0 aliphatic carbocycles. The van der Waals surface area contributed by atoms with E-state index in [4.69, 9.17) is 9.47 Å². The van der Waals surface area contributed by atoms with Crippen LogP contribution in [0.2, 0.25) is 0 Å². The minimum Gasteiger partial charge on any atom is -0.497 e. The first-order valence-electron chi connectivity index (χ1n) is 8.64. The van der Waals surface area contributed by atoms with E-state index in [1.807, 2.05) is 19.1 Å². The summed E-state index contributed by atoms with van der Waals surface area (Å²) in [4.78, 5) is 11.9. The van der Waals surface area contributed by atoms with Gasteiger partial charge in [0, 0.05) is 6.08 Å². The molecule has 0 aliphatic rings. The summed E-state index contributed by atoms with van der Waals surface area (Å²) in [5.41, 5.74) is 1.85. The molecule has 6 nitrogen and oxygen atoms in total. The number of carbonyl (C=O) groups excluding carboxylic acids is 1. The monoisotopic (exact) mass is 401 g/mol. The van der Waals surface area contributed by atoms with Crippen LogP contribution in [-0.4, -0.2) is 28.1 Å². The van der Waals surface area contributed by atoms with E-state index in [-0.39, 0.29) is 17.2 Å². The van der Waals surface area contributed by atoms with Crippen LogP contribution in [0.5, 0.6) is 5.75 Å². The second kappa shape index (κ2) is 9.75. The fourth-order valence-electron chi connectivity index (χ4n) is 2.26. The topological polar surface area (TPSA) is 81.7 Å². The van der Waals surface area contributed by atoms with Gasteiger partial charge in [-0.3, -0.25) is 4.72 Å². The number of rotatable bonds is 8. The van der Waals surface area contributed by atoms with Gasteiger partial charge in [0.1, 0.15) is 5.75 Å². The van der Waals surface area contributed by atoms with Gasteiger partial charge in [-0.25, -0.2) is 13.2 Å². The highest BCUT2D eigenvalue weighted by molar-refractivity contribution is 7.89. The molecule has 7 heteroatoms. The van der Waals surface area contributed by atoms with Gasteiger partial charge in [0.2, 0.25) is 0 Å². The van der Waals surface area contributed by atoms with E-state index in [1.54, 1.807) is 44.4 Å². The van der Waals surface area contributed by atoms with Gasteiger partial charge < -0.3 is 9.47 Å². The van der Waals surface area contributed by atoms with Crippen molar-refractivity contribution in [1.82, 2.24) is 4.72 Å². The Balaban J connectivity index is 2.29. The van der Waals surface area contributed by atoms with E-state index < -0.39 is 16.0 Å². The second-order valence-electron chi connectivity index (χ2n) is 5.88. The first kappa shape index (κ1) is 21.2. The van der Waals surface area contributed by atoms with Crippen LogP contribution in [0.3, 0.4) is 0 Å². The van der Waals surface area contributed by atoms with E-state index in [2.05, 4.69) is 4.72 Å². The first-order valence-corrected chi connectivity index (χ1v) is 10.1. The second-order valence-corrected chi connectivity index (χ2v) is 7.56. The van der Waals surface area contributed by atoms with E-state index in [9.17, 15) is 13.2 Å². The predicted molar refractivity (Wildman–Crippen MR) is 108 cm³/mol. The predicted octanol–water partition coefficient (Wildman–Crippen LogP) is 3.44. The molecule has 0 bridgehead atoms. The number of benzene rings is 2.